The third kappa shape index (κ3) is 1.98. The number of nitrogens with one attached hydrogen (secondary N) is 1. The topological polar surface area (TPSA) is 66.0 Å². The molecule has 1 saturated heterocycles. The highest BCUT2D eigenvalue weighted by molar-refractivity contribution is 5.48. The Balaban J connectivity index is 2.12. The van der Waals surface area contributed by atoms with Crippen LogP contribution in [0.1, 0.15) is 47.9 Å². The lowest BCUT2D eigenvalue weighted by Crippen LogP contribution is -2.27. The molecule has 0 aromatic carbocycles. The van der Waals surface area contributed by atoms with Gasteiger partial charge in [-0.1, -0.05) is 6.42 Å². The van der Waals surface area contributed by atoms with E-state index in [2.05, 4.69) is 21.5 Å². The summed E-state index contributed by atoms with van der Waals surface area (Å²) in [6.45, 7) is 4.89. The van der Waals surface area contributed by atoms with Crippen molar-refractivity contribution in [3.63, 3.8) is 0 Å². The largest absolute Gasteiger partial charge is 0.309 e. The Morgan fingerprint density at radius 2 is 2.26 bits per heavy atom. The number of hydrogen-bond acceptors (Lipinski definition) is 4. The molecule has 0 amide bonds. The Hall–Kier alpha value is -1.93. The van der Waals surface area contributed by atoms with E-state index >= 15 is 0 Å². The molecule has 0 radical (unpaired) electrons. The van der Waals surface area contributed by atoms with E-state index in [4.69, 9.17) is 0 Å². The number of aryl methyl sites for hydroxylation is 1. The van der Waals surface area contributed by atoms with Crippen molar-refractivity contribution in [3.8, 4) is 6.07 Å². The Bertz CT molecular complexity index is 659. The molecule has 5 heteroatoms. The summed E-state index contributed by atoms with van der Waals surface area (Å²) in [5, 5.41) is 17.4. The highest BCUT2D eigenvalue weighted by atomic mass is 15.3. The first-order valence-electron chi connectivity index (χ1n) is 6.71. The van der Waals surface area contributed by atoms with Gasteiger partial charge in [-0.15, -0.1) is 0 Å². The van der Waals surface area contributed by atoms with Crippen molar-refractivity contribution >= 4 is 5.65 Å². The summed E-state index contributed by atoms with van der Waals surface area (Å²) in [5.74, 6) is 0. The van der Waals surface area contributed by atoms with Crippen LogP contribution in [0.25, 0.3) is 5.65 Å². The molecule has 0 spiro atoms. The molecule has 3 heterocycles. The first kappa shape index (κ1) is 12.1. The van der Waals surface area contributed by atoms with Crippen molar-refractivity contribution in [2.75, 3.05) is 6.54 Å². The van der Waals surface area contributed by atoms with Gasteiger partial charge in [-0.05, 0) is 33.2 Å². The van der Waals surface area contributed by atoms with Crippen molar-refractivity contribution in [2.24, 2.45) is 0 Å². The van der Waals surface area contributed by atoms with E-state index in [9.17, 15) is 5.26 Å². The average molecular weight is 255 g/mol. The fraction of sp³-hybridized carbons (Fsp3) is 0.500. The highest BCUT2D eigenvalue weighted by Crippen LogP contribution is 2.23. The minimum Gasteiger partial charge on any atom is -0.309 e. The van der Waals surface area contributed by atoms with E-state index in [0.717, 1.165) is 35.6 Å². The molecule has 19 heavy (non-hydrogen) atoms. The second-order valence-corrected chi connectivity index (χ2v) is 5.12. The van der Waals surface area contributed by atoms with Crippen LogP contribution < -0.4 is 5.32 Å². The van der Waals surface area contributed by atoms with Crippen LogP contribution in [0.5, 0.6) is 0 Å². The van der Waals surface area contributed by atoms with Crippen molar-refractivity contribution in [1.82, 2.24) is 19.9 Å². The minimum absolute atomic E-state index is 0.294. The Kier molecular flexibility index (Phi) is 2.96. The summed E-state index contributed by atoms with van der Waals surface area (Å²) < 4.78 is 1.67. The molecule has 0 bridgehead atoms. The maximum Gasteiger partial charge on any atom is 0.157 e. The van der Waals surface area contributed by atoms with Gasteiger partial charge >= 0.3 is 0 Å². The molecule has 1 N–H and O–H groups in total. The molecule has 98 valence electrons. The van der Waals surface area contributed by atoms with Gasteiger partial charge in [0.1, 0.15) is 11.8 Å². The second-order valence-electron chi connectivity index (χ2n) is 5.12. The predicted octanol–water partition coefficient (Wildman–Crippen LogP) is 2.03. The van der Waals surface area contributed by atoms with Gasteiger partial charge in [0.15, 0.2) is 5.65 Å². The predicted molar refractivity (Wildman–Crippen MR) is 71.8 cm³/mol. The van der Waals surface area contributed by atoms with Gasteiger partial charge in [0.05, 0.1) is 11.7 Å². The number of rotatable bonds is 1. The number of piperidine rings is 1. The van der Waals surface area contributed by atoms with E-state index in [0.29, 0.717) is 11.7 Å². The zero-order valence-corrected chi connectivity index (χ0v) is 11.3. The monoisotopic (exact) mass is 255 g/mol. The van der Waals surface area contributed by atoms with Crippen molar-refractivity contribution in [3.05, 3.63) is 28.7 Å². The smallest absolute Gasteiger partial charge is 0.157 e. The molecule has 1 aliphatic rings. The summed E-state index contributed by atoms with van der Waals surface area (Å²) >= 11 is 0. The number of aromatic nitrogens is 3. The standard InChI is InChI=1S/C14H17N5/c1-9-10(2)17-14-7-12(11-5-3-4-6-16-11)18-19(14)13(9)8-15/h7,11,16H,3-6H2,1-2H3/t11-/m0/s1. The van der Waals surface area contributed by atoms with E-state index in [1.165, 1.54) is 12.8 Å². The van der Waals surface area contributed by atoms with Gasteiger partial charge in [-0.25, -0.2) is 9.50 Å². The van der Waals surface area contributed by atoms with Crippen molar-refractivity contribution < 1.29 is 0 Å². The molecule has 0 aliphatic carbocycles. The third-order valence-corrected chi connectivity index (χ3v) is 3.87. The second kappa shape index (κ2) is 4.63. The SMILES string of the molecule is Cc1nc2cc([C@@H]3CCCCN3)nn2c(C#N)c1C. The van der Waals surface area contributed by atoms with Gasteiger partial charge < -0.3 is 5.32 Å². The van der Waals surface area contributed by atoms with Crippen LogP contribution >= 0.6 is 0 Å². The number of nitrogens with zero attached hydrogens (tertiary/aromatic N) is 4. The lowest BCUT2D eigenvalue weighted by Gasteiger charge is -2.21. The lowest BCUT2D eigenvalue weighted by atomic mass is 10.0. The zero-order chi connectivity index (χ0) is 13.4. The van der Waals surface area contributed by atoms with Crippen LogP contribution in [0, 0.1) is 25.2 Å². The lowest BCUT2D eigenvalue weighted by molar-refractivity contribution is 0.404. The average Bonchev–Trinajstić information content (AvgIpc) is 2.84. The molecule has 3 rings (SSSR count). The minimum atomic E-state index is 0.294. The summed E-state index contributed by atoms with van der Waals surface area (Å²) in [5.41, 5.74) is 4.15. The number of nitriles is 1. The van der Waals surface area contributed by atoms with Crippen LogP contribution in [-0.2, 0) is 0 Å². The van der Waals surface area contributed by atoms with Crippen LogP contribution in [0.4, 0.5) is 0 Å². The van der Waals surface area contributed by atoms with Crippen molar-refractivity contribution in [1.29, 1.82) is 5.26 Å². The molecule has 5 nitrogen and oxygen atoms in total. The first-order chi connectivity index (χ1) is 9.20. The van der Waals surface area contributed by atoms with Gasteiger partial charge in [0.2, 0.25) is 0 Å². The molecule has 0 saturated carbocycles. The quantitative estimate of drug-likeness (QED) is 0.846. The summed E-state index contributed by atoms with van der Waals surface area (Å²) in [6, 6.07) is 4.53. The highest BCUT2D eigenvalue weighted by Gasteiger charge is 2.20. The van der Waals surface area contributed by atoms with Gasteiger partial charge in [0, 0.05) is 17.3 Å². The van der Waals surface area contributed by atoms with Crippen LogP contribution in [0.3, 0.4) is 0 Å². The number of hydrogen-bond donors (Lipinski definition) is 1. The molecular formula is C14H17N5. The molecule has 2 aromatic rings. The van der Waals surface area contributed by atoms with E-state index in [1.807, 2.05) is 19.9 Å². The molecule has 0 unspecified atom stereocenters. The van der Waals surface area contributed by atoms with Crippen LogP contribution in [0.15, 0.2) is 6.07 Å². The molecule has 1 aliphatic heterocycles. The summed E-state index contributed by atoms with van der Waals surface area (Å²) in [4.78, 5) is 4.52. The number of fused-ring (bicyclic) bond motifs is 1. The summed E-state index contributed by atoms with van der Waals surface area (Å²) in [7, 11) is 0. The third-order valence-electron chi connectivity index (χ3n) is 3.87. The Morgan fingerprint density at radius 1 is 1.42 bits per heavy atom. The Labute approximate surface area is 112 Å². The van der Waals surface area contributed by atoms with Crippen LogP contribution in [-0.4, -0.2) is 21.1 Å². The van der Waals surface area contributed by atoms with Gasteiger partial charge in [-0.3, -0.25) is 0 Å². The molecule has 1 fully saturated rings. The van der Waals surface area contributed by atoms with Gasteiger partial charge in [0.25, 0.3) is 0 Å². The summed E-state index contributed by atoms with van der Waals surface area (Å²) in [6.07, 6.45) is 3.55. The molecule has 1 atom stereocenters. The van der Waals surface area contributed by atoms with Gasteiger partial charge in [-0.2, -0.15) is 10.4 Å². The van der Waals surface area contributed by atoms with Crippen molar-refractivity contribution in [2.45, 2.75) is 39.2 Å². The first-order valence-corrected chi connectivity index (χ1v) is 6.71. The Morgan fingerprint density at radius 3 is 2.95 bits per heavy atom. The van der Waals surface area contributed by atoms with Crippen LogP contribution in [0.2, 0.25) is 0 Å². The fourth-order valence-electron chi connectivity index (χ4n) is 2.62. The van der Waals surface area contributed by atoms with E-state index in [1.54, 1.807) is 4.52 Å². The normalized spacial score (nSPS) is 19.5. The van der Waals surface area contributed by atoms with E-state index in [-0.39, 0.29) is 0 Å². The molecule has 2 aromatic heterocycles. The van der Waals surface area contributed by atoms with E-state index < -0.39 is 0 Å². The molecular weight excluding hydrogens is 238 g/mol. The fourth-order valence-corrected chi connectivity index (χ4v) is 2.62. The maximum atomic E-state index is 9.31. The maximum absolute atomic E-state index is 9.31. The zero-order valence-electron chi connectivity index (χ0n) is 11.3.